The summed E-state index contributed by atoms with van der Waals surface area (Å²) in [4.78, 5) is 37.8. The molecule has 2 heterocycles. The van der Waals surface area contributed by atoms with Gasteiger partial charge in [0.2, 0.25) is 0 Å². The average molecular weight is 436 g/mol. The van der Waals surface area contributed by atoms with Gasteiger partial charge in [0.1, 0.15) is 17.1 Å². The minimum Gasteiger partial charge on any atom is -0.457 e. The number of carbonyl (C=O) groups is 3. The van der Waals surface area contributed by atoms with Crippen molar-refractivity contribution in [3.05, 3.63) is 51.3 Å². The molecule has 24 heavy (non-hydrogen) atoms. The highest BCUT2D eigenvalue weighted by Gasteiger charge is 2.38. The van der Waals surface area contributed by atoms with Gasteiger partial charge >= 0.3 is 6.03 Å². The predicted octanol–water partition coefficient (Wildman–Crippen LogP) is 2.99. The fourth-order valence-electron chi connectivity index (χ4n) is 2.32. The minimum atomic E-state index is -0.652. The highest BCUT2D eigenvalue weighted by atomic mass is 127. The Kier molecular flexibility index (Phi) is 4.27. The van der Waals surface area contributed by atoms with E-state index in [1.807, 2.05) is 24.3 Å². The average Bonchev–Trinajstić information content (AvgIpc) is 3.04. The van der Waals surface area contributed by atoms with Gasteiger partial charge in [0.15, 0.2) is 0 Å². The molecule has 0 bridgehead atoms. The van der Waals surface area contributed by atoms with Crippen molar-refractivity contribution in [2.24, 2.45) is 0 Å². The van der Waals surface area contributed by atoms with Crippen LogP contribution in [0.15, 0.2) is 46.4 Å². The van der Waals surface area contributed by atoms with Crippen LogP contribution in [-0.2, 0) is 9.59 Å². The van der Waals surface area contributed by atoms with Crippen LogP contribution in [0.4, 0.5) is 4.79 Å². The van der Waals surface area contributed by atoms with E-state index >= 15 is 0 Å². The number of carbonyl (C=O) groups excluding carboxylic acids is 3. The van der Waals surface area contributed by atoms with E-state index in [2.05, 4.69) is 22.6 Å². The molecule has 0 atom stereocenters. The molecule has 6 nitrogen and oxygen atoms in total. The highest BCUT2D eigenvalue weighted by Crippen LogP contribution is 2.25. The van der Waals surface area contributed by atoms with Crippen molar-refractivity contribution in [1.82, 2.24) is 9.80 Å². The van der Waals surface area contributed by atoms with Gasteiger partial charge in [-0.3, -0.25) is 19.4 Å². The smallest absolute Gasteiger partial charge is 0.333 e. The third kappa shape index (κ3) is 2.86. The van der Waals surface area contributed by atoms with E-state index in [9.17, 15) is 14.4 Å². The second-order valence-corrected chi connectivity index (χ2v) is 6.52. The van der Waals surface area contributed by atoms with Gasteiger partial charge < -0.3 is 4.42 Å². The molecule has 1 aliphatic rings. The lowest BCUT2D eigenvalue weighted by molar-refractivity contribution is -0.134. The van der Waals surface area contributed by atoms with E-state index in [0.717, 1.165) is 18.9 Å². The van der Waals surface area contributed by atoms with Crippen LogP contribution in [-0.4, -0.2) is 41.7 Å². The maximum absolute atomic E-state index is 12.2. The van der Waals surface area contributed by atoms with Crippen molar-refractivity contribution < 1.29 is 18.8 Å². The number of amides is 4. The predicted molar refractivity (Wildman–Crippen MR) is 95.8 cm³/mol. The van der Waals surface area contributed by atoms with Gasteiger partial charge in [-0.15, -0.1) is 0 Å². The third-order valence-corrected chi connectivity index (χ3v) is 4.41. The van der Waals surface area contributed by atoms with E-state index in [-0.39, 0.29) is 5.57 Å². The number of halogens is 1. The van der Waals surface area contributed by atoms with Gasteiger partial charge in [0.05, 0.1) is 0 Å². The van der Waals surface area contributed by atoms with Crippen LogP contribution < -0.4 is 0 Å². The minimum absolute atomic E-state index is 0.108. The van der Waals surface area contributed by atoms with Crippen molar-refractivity contribution in [2.75, 3.05) is 14.1 Å². The van der Waals surface area contributed by atoms with E-state index in [4.69, 9.17) is 4.42 Å². The summed E-state index contributed by atoms with van der Waals surface area (Å²) in [6, 6.07) is 10.6. The zero-order valence-corrected chi connectivity index (χ0v) is 15.1. The van der Waals surface area contributed by atoms with Crippen molar-refractivity contribution in [3.63, 3.8) is 0 Å². The Morgan fingerprint density at radius 3 is 2.08 bits per heavy atom. The molecule has 7 heteroatoms. The Morgan fingerprint density at radius 1 is 0.917 bits per heavy atom. The van der Waals surface area contributed by atoms with Crippen LogP contribution in [0.2, 0.25) is 0 Å². The van der Waals surface area contributed by atoms with E-state index in [0.29, 0.717) is 11.5 Å². The monoisotopic (exact) mass is 436 g/mol. The largest absolute Gasteiger partial charge is 0.457 e. The topological polar surface area (TPSA) is 70.8 Å². The quantitative estimate of drug-likeness (QED) is 0.413. The number of imide groups is 2. The first kappa shape index (κ1) is 16.4. The van der Waals surface area contributed by atoms with Gasteiger partial charge in [-0.25, -0.2) is 4.79 Å². The zero-order chi connectivity index (χ0) is 17.4. The van der Waals surface area contributed by atoms with Crippen LogP contribution in [0.3, 0.4) is 0 Å². The summed E-state index contributed by atoms with van der Waals surface area (Å²) >= 11 is 2.22. The second kappa shape index (κ2) is 6.23. The molecule has 0 aliphatic carbocycles. The van der Waals surface area contributed by atoms with Gasteiger partial charge in [-0.05, 0) is 52.9 Å². The van der Waals surface area contributed by atoms with Crippen molar-refractivity contribution >= 4 is 46.5 Å². The molecular weight excluding hydrogens is 423 g/mol. The number of hydrogen-bond acceptors (Lipinski definition) is 4. The second-order valence-electron chi connectivity index (χ2n) is 5.28. The molecule has 1 aliphatic heterocycles. The van der Waals surface area contributed by atoms with Gasteiger partial charge in [-0.2, -0.15) is 0 Å². The van der Waals surface area contributed by atoms with E-state index in [1.54, 1.807) is 12.1 Å². The first-order valence-corrected chi connectivity index (χ1v) is 8.14. The van der Waals surface area contributed by atoms with Crippen LogP contribution in [0, 0.1) is 3.57 Å². The molecule has 0 saturated carbocycles. The summed E-state index contributed by atoms with van der Waals surface area (Å²) in [5.41, 5.74) is 0.786. The molecule has 1 aromatic heterocycles. The van der Waals surface area contributed by atoms with Crippen molar-refractivity contribution in [1.29, 1.82) is 0 Å². The van der Waals surface area contributed by atoms with Crippen molar-refractivity contribution in [3.8, 4) is 11.3 Å². The fourth-order valence-corrected chi connectivity index (χ4v) is 2.68. The van der Waals surface area contributed by atoms with Gasteiger partial charge in [0, 0.05) is 23.2 Å². The molecule has 0 unspecified atom stereocenters. The maximum atomic E-state index is 12.2. The normalized spacial score (nSPS) is 15.3. The number of benzene rings is 1. The summed E-state index contributed by atoms with van der Waals surface area (Å²) < 4.78 is 6.81. The Hall–Kier alpha value is -2.42. The number of furan rings is 1. The van der Waals surface area contributed by atoms with Gasteiger partial charge in [0.25, 0.3) is 11.8 Å². The Bertz CT molecular complexity index is 841. The number of nitrogens with zero attached hydrogens (tertiary/aromatic N) is 2. The summed E-state index contributed by atoms with van der Waals surface area (Å²) in [6.45, 7) is 0. The summed E-state index contributed by atoms with van der Waals surface area (Å²) in [5.74, 6) is -0.284. The Balaban J connectivity index is 1.94. The molecule has 1 fully saturated rings. The van der Waals surface area contributed by atoms with Crippen molar-refractivity contribution in [2.45, 2.75) is 0 Å². The fraction of sp³-hybridized carbons (Fsp3) is 0.118. The zero-order valence-electron chi connectivity index (χ0n) is 12.9. The maximum Gasteiger partial charge on any atom is 0.333 e. The lowest BCUT2D eigenvalue weighted by Crippen LogP contribution is -2.52. The molecule has 0 spiro atoms. The number of rotatable bonds is 2. The molecule has 0 radical (unpaired) electrons. The summed E-state index contributed by atoms with van der Waals surface area (Å²) in [7, 11) is 2.67. The van der Waals surface area contributed by atoms with Crippen LogP contribution in [0.5, 0.6) is 0 Å². The molecule has 4 amide bonds. The number of likely N-dealkylation sites (N-methyl/N-ethyl adjacent to an activating group) is 2. The van der Waals surface area contributed by atoms with E-state index < -0.39 is 17.8 Å². The van der Waals surface area contributed by atoms with Crippen LogP contribution in [0.1, 0.15) is 5.76 Å². The lowest BCUT2D eigenvalue weighted by atomic mass is 10.1. The number of barbiturate groups is 1. The van der Waals surface area contributed by atoms with Crippen LogP contribution >= 0.6 is 22.6 Å². The molecule has 0 N–H and O–H groups in total. The molecule has 3 rings (SSSR count). The summed E-state index contributed by atoms with van der Waals surface area (Å²) in [6.07, 6.45) is 1.36. The molecule has 2 aromatic rings. The number of hydrogen-bond donors (Lipinski definition) is 0. The van der Waals surface area contributed by atoms with Gasteiger partial charge in [-0.1, -0.05) is 12.1 Å². The standard InChI is InChI=1S/C17H13IN2O4/c1-19-15(21)13(16(22)20(2)17(19)23)9-12-7-8-14(24-12)10-3-5-11(18)6-4-10/h3-9H,1-2H3. The molecule has 122 valence electrons. The van der Waals surface area contributed by atoms with E-state index in [1.165, 1.54) is 20.2 Å². The Labute approximate surface area is 151 Å². The molecule has 1 saturated heterocycles. The lowest BCUT2D eigenvalue weighted by Gasteiger charge is -2.28. The molecular formula is C17H13IN2O4. The SMILES string of the molecule is CN1C(=O)C(=Cc2ccc(-c3ccc(I)cc3)o2)C(=O)N(C)C1=O. The first-order valence-electron chi connectivity index (χ1n) is 7.06. The Morgan fingerprint density at radius 2 is 1.50 bits per heavy atom. The number of urea groups is 1. The first-order chi connectivity index (χ1) is 11.4. The molecule has 1 aromatic carbocycles. The van der Waals surface area contributed by atoms with Crippen LogP contribution in [0.25, 0.3) is 17.4 Å². The summed E-state index contributed by atoms with van der Waals surface area (Å²) in [5, 5.41) is 0. The third-order valence-electron chi connectivity index (χ3n) is 3.69. The highest BCUT2D eigenvalue weighted by molar-refractivity contribution is 14.1.